The van der Waals surface area contributed by atoms with Crippen LogP contribution in [0.2, 0.25) is 0 Å². The molecule has 1 aromatic heterocycles. The Kier molecular flexibility index (Phi) is 6.98. The highest BCUT2D eigenvalue weighted by atomic mass is 79.9. The lowest BCUT2D eigenvalue weighted by atomic mass is 10.1. The average molecular weight is 518 g/mol. The second-order valence-electron chi connectivity index (χ2n) is 7.62. The Morgan fingerprint density at radius 3 is 2.50 bits per heavy atom. The number of halogens is 1. The minimum Gasteiger partial charge on any atom is -0.468 e. The summed E-state index contributed by atoms with van der Waals surface area (Å²) in [6.07, 6.45) is 3.90. The van der Waals surface area contributed by atoms with Crippen LogP contribution in [0, 0.1) is 0 Å². The lowest BCUT2D eigenvalue weighted by Gasteiger charge is -2.26. The number of nitrogens with one attached hydrogen (secondary N) is 2. The van der Waals surface area contributed by atoms with Gasteiger partial charge in [-0.15, -0.1) is 0 Å². The monoisotopic (exact) mass is 517 g/mol. The number of carbonyl (C=O) groups excluding carboxylic acids is 1. The number of furan rings is 1. The van der Waals surface area contributed by atoms with Gasteiger partial charge in [0.1, 0.15) is 5.76 Å². The molecule has 7 nitrogen and oxygen atoms in total. The van der Waals surface area contributed by atoms with Crippen molar-refractivity contribution in [1.82, 2.24) is 10.2 Å². The Balaban J connectivity index is 1.44. The smallest absolute Gasteiger partial charge is 0.261 e. The molecule has 32 heavy (non-hydrogen) atoms. The zero-order valence-electron chi connectivity index (χ0n) is 17.3. The number of amides is 1. The molecule has 1 fully saturated rings. The van der Waals surface area contributed by atoms with E-state index in [0.717, 1.165) is 36.2 Å². The molecule has 0 aliphatic carbocycles. The van der Waals surface area contributed by atoms with Crippen molar-refractivity contribution in [3.8, 4) is 0 Å². The molecule has 1 amide bonds. The van der Waals surface area contributed by atoms with Gasteiger partial charge >= 0.3 is 0 Å². The maximum absolute atomic E-state index is 12.8. The highest BCUT2D eigenvalue weighted by Gasteiger charge is 2.26. The first-order valence-electron chi connectivity index (χ1n) is 10.4. The zero-order valence-corrected chi connectivity index (χ0v) is 19.7. The minimum absolute atomic E-state index is 0.0319. The van der Waals surface area contributed by atoms with Crippen molar-refractivity contribution in [3.63, 3.8) is 0 Å². The third-order valence-electron chi connectivity index (χ3n) is 5.41. The quantitative estimate of drug-likeness (QED) is 0.461. The topological polar surface area (TPSA) is 91.7 Å². The molecule has 2 N–H and O–H groups in total. The first kappa shape index (κ1) is 22.6. The summed E-state index contributed by atoms with van der Waals surface area (Å²) in [6, 6.07) is 16.5. The molecule has 9 heteroatoms. The largest absolute Gasteiger partial charge is 0.468 e. The molecule has 1 aliphatic rings. The van der Waals surface area contributed by atoms with Gasteiger partial charge in [0.2, 0.25) is 0 Å². The maximum atomic E-state index is 12.8. The van der Waals surface area contributed by atoms with Gasteiger partial charge in [-0.1, -0.05) is 22.0 Å². The molecule has 0 spiro atoms. The van der Waals surface area contributed by atoms with Gasteiger partial charge in [0.25, 0.3) is 15.9 Å². The molecule has 2 heterocycles. The molecule has 4 rings (SSSR count). The standard InChI is InChI=1S/C23H24BrN3O4S/c24-18-8-10-20(11-9-18)32(29,30)26-19-6-3-5-17(15-19)23(28)25-16-21(22-7-4-14-31-22)27-12-1-2-13-27/h3-11,14-15,21,26H,1-2,12-13,16H2,(H,25,28)/t21-/m1/s1. The van der Waals surface area contributed by atoms with E-state index in [1.54, 1.807) is 36.6 Å². The fraction of sp³-hybridized carbons (Fsp3) is 0.261. The third kappa shape index (κ3) is 5.40. The van der Waals surface area contributed by atoms with Gasteiger partial charge in [-0.2, -0.15) is 0 Å². The Morgan fingerprint density at radius 2 is 1.81 bits per heavy atom. The van der Waals surface area contributed by atoms with E-state index in [2.05, 4.69) is 30.9 Å². The summed E-state index contributed by atoms with van der Waals surface area (Å²) in [7, 11) is -3.76. The van der Waals surface area contributed by atoms with Gasteiger partial charge in [0, 0.05) is 22.3 Å². The van der Waals surface area contributed by atoms with E-state index in [4.69, 9.17) is 4.42 Å². The molecule has 3 aromatic rings. The van der Waals surface area contributed by atoms with Crippen molar-refractivity contribution >= 4 is 37.5 Å². The third-order valence-corrected chi connectivity index (χ3v) is 7.34. The molecule has 0 radical (unpaired) electrons. The molecule has 168 valence electrons. The Bertz CT molecular complexity index is 1160. The number of anilines is 1. The lowest BCUT2D eigenvalue weighted by molar-refractivity contribution is 0.0934. The molecule has 1 atom stereocenters. The van der Waals surface area contributed by atoms with E-state index in [0.29, 0.717) is 17.8 Å². The molecule has 1 saturated heterocycles. The number of sulfonamides is 1. The van der Waals surface area contributed by atoms with Gasteiger partial charge in [0.15, 0.2) is 0 Å². The number of hydrogen-bond donors (Lipinski definition) is 2. The molecular weight excluding hydrogens is 494 g/mol. The highest BCUT2D eigenvalue weighted by molar-refractivity contribution is 9.10. The van der Waals surface area contributed by atoms with Gasteiger partial charge in [-0.3, -0.25) is 14.4 Å². The number of rotatable bonds is 8. The highest BCUT2D eigenvalue weighted by Crippen LogP contribution is 2.25. The summed E-state index contributed by atoms with van der Waals surface area (Å²) in [5.74, 6) is 0.550. The summed E-state index contributed by atoms with van der Waals surface area (Å²) in [5, 5.41) is 2.97. The fourth-order valence-electron chi connectivity index (χ4n) is 3.79. The van der Waals surface area contributed by atoms with Crippen LogP contribution in [0.1, 0.15) is 35.0 Å². The van der Waals surface area contributed by atoms with Crippen LogP contribution in [0.25, 0.3) is 0 Å². The van der Waals surface area contributed by atoms with Crippen LogP contribution >= 0.6 is 15.9 Å². The van der Waals surface area contributed by atoms with Crippen molar-refractivity contribution in [2.75, 3.05) is 24.4 Å². The zero-order chi connectivity index (χ0) is 22.6. The van der Waals surface area contributed by atoms with Gasteiger partial charge < -0.3 is 9.73 Å². The van der Waals surface area contributed by atoms with Crippen LogP contribution < -0.4 is 10.0 Å². The second-order valence-corrected chi connectivity index (χ2v) is 10.2. The summed E-state index contributed by atoms with van der Waals surface area (Å²) in [4.78, 5) is 15.3. The van der Waals surface area contributed by atoms with Crippen LogP contribution in [0.3, 0.4) is 0 Å². The predicted octanol–water partition coefficient (Wildman–Crippen LogP) is 4.41. The van der Waals surface area contributed by atoms with Crippen molar-refractivity contribution in [2.24, 2.45) is 0 Å². The van der Waals surface area contributed by atoms with Crippen LogP contribution in [0.15, 0.2) is 80.7 Å². The Morgan fingerprint density at radius 1 is 1.06 bits per heavy atom. The molecule has 0 saturated carbocycles. The van der Waals surface area contributed by atoms with E-state index in [-0.39, 0.29) is 16.8 Å². The van der Waals surface area contributed by atoms with Gasteiger partial charge in [-0.05, 0) is 80.5 Å². The van der Waals surface area contributed by atoms with E-state index in [9.17, 15) is 13.2 Å². The number of likely N-dealkylation sites (tertiary alicyclic amines) is 1. The number of benzene rings is 2. The van der Waals surface area contributed by atoms with Crippen molar-refractivity contribution in [2.45, 2.75) is 23.8 Å². The summed E-state index contributed by atoms with van der Waals surface area (Å²) >= 11 is 3.29. The number of hydrogen-bond acceptors (Lipinski definition) is 5. The molecular formula is C23H24BrN3O4S. The van der Waals surface area contributed by atoms with E-state index in [1.165, 1.54) is 18.2 Å². The minimum atomic E-state index is -3.76. The van der Waals surface area contributed by atoms with Crippen LogP contribution in [0.4, 0.5) is 5.69 Å². The van der Waals surface area contributed by atoms with E-state index in [1.807, 2.05) is 12.1 Å². The average Bonchev–Trinajstić information content (AvgIpc) is 3.49. The Hall–Kier alpha value is -2.62. The first-order chi connectivity index (χ1) is 15.4. The number of carbonyl (C=O) groups is 1. The van der Waals surface area contributed by atoms with E-state index >= 15 is 0 Å². The molecule has 0 unspecified atom stereocenters. The van der Waals surface area contributed by atoms with Gasteiger partial charge in [-0.25, -0.2) is 8.42 Å². The molecule has 0 bridgehead atoms. The van der Waals surface area contributed by atoms with Gasteiger partial charge in [0.05, 0.1) is 17.2 Å². The van der Waals surface area contributed by atoms with Crippen LogP contribution in [0.5, 0.6) is 0 Å². The van der Waals surface area contributed by atoms with Crippen molar-refractivity contribution in [1.29, 1.82) is 0 Å². The molecule has 2 aromatic carbocycles. The first-order valence-corrected chi connectivity index (χ1v) is 12.6. The molecule has 1 aliphatic heterocycles. The summed E-state index contributed by atoms with van der Waals surface area (Å²) in [6.45, 7) is 2.34. The van der Waals surface area contributed by atoms with Crippen molar-refractivity contribution < 1.29 is 17.6 Å². The normalized spacial score (nSPS) is 15.4. The van der Waals surface area contributed by atoms with Crippen molar-refractivity contribution in [3.05, 3.63) is 82.7 Å². The predicted molar refractivity (Wildman–Crippen MR) is 126 cm³/mol. The Labute approximate surface area is 196 Å². The second kappa shape index (κ2) is 9.89. The fourth-order valence-corrected chi connectivity index (χ4v) is 5.10. The van der Waals surface area contributed by atoms with Crippen LogP contribution in [-0.2, 0) is 10.0 Å². The van der Waals surface area contributed by atoms with Crippen LogP contribution in [-0.4, -0.2) is 38.9 Å². The summed E-state index contributed by atoms with van der Waals surface area (Å²) < 4.78 is 34.2. The summed E-state index contributed by atoms with van der Waals surface area (Å²) in [5.41, 5.74) is 0.698. The number of nitrogens with zero attached hydrogens (tertiary/aromatic N) is 1. The maximum Gasteiger partial charge on any atom is 0.261 e. The SMILES string of the molecule is O=C(NC[C@H](c1ccco1)N1CCCC1)c1cccc(NS(=O)(=O)c2ccc(Br)cc2)c1. The lowest BCUT2D eigenvalue weighted by Crippen LogP contribution is -2.36. The van der Waals surface area contributed by atoms with E-state index < -0.39 is 10.0 Å².